The van der Waals surface area contributed by atoms with Gasteiger partial charge in [0.2, 0.25) is 0 Å². The Bertz CT molecular complexity index is 365. The van der Waals surface area contributed by atoms with Crippen molar-refractivity contribution in [3.05, 3.63) is 35.4 Å². The summed E-state index contributed by atoms with van der Waals surface area (Å²) in [6, 6.07) is 8.42. The molecule has 2 aliphatic carbocycles. The van der Waals surface area contributed by atoms with E-state index in [0.29, 0.717) is 5.92 Å². The van der Waals surface area contributed by atoms with E-state index in [4.69, 9.17) is 0 Å². The molecule has 1 aromatic rings. The van der Waals surface area contributed by atoms with Gasteiger partial charge in [-0.2, -0.15) is 0 Å². The largest absolute Gasteiger partial charge is 0.388 e. The second kappa shape index (κ2) is 4.21. The highest BCUT2D eigenvalue weighted by molar-refractivity contribution is 5.34. The van der Waals surface area contributed by atoms with Crippen molar-refractivity contribution in [1.82, 2.24) is 0 Å². The van der Waals surface area contributed by atoms with E-state index in [-0.39, 0.29) is 6.10 Å². The maximum Gasteiger partial charge on any atom is 0.0826 e. The molecule has 2 atom stereocenters. The molecule has 1 aromatic carbocycles. The van der Waals surface area contributed by atoms with Gasteiger partial charge in [-0.1, -0.05) is 56.4 Å². The Morgan fingerprint density at radius 3 is 2.50 bits per heavy atom. The lowest BCUT2D eigenvalue weighted by atomic mass is 9.78. The van der Waals surface area contributed by atoms with E-state index >= 15 is 0 Å². The quantitative estimate of drug-likeness (QED) is 0.762. The minimum absolute atomic E-state index is 0.195. The van der Waals surface area contributed by atoms with Crippen molar-refractivity contribution in [1.29, 1.82) is 0 Å². The van der Waals surface area contributed by atoms with Crippen LogP contribution >= 0.6 is 0 Å². The van der Waals surface area contributed by atoms with Gasteiger partial charge in [0.25, 0.3) is 0 Å². The van der Waals surface area contributed by atoms with Crippen LogP contribution in [0.15, 0.2) is 24.3 Å². The van der Waals surface area contributed by atoms with E-state index in [2.05, 4.69) is 18.2 Å². The average Bonchev–Trinajstić information content (AvgIpc) is 2.69. The lowest BCUT2D eigenvalue weighted by Gasteiger charge is -2.29. The van der Waals surface area contributed by atoms with Crippen LogP contribution in [0.3, 0.4) is 0 Å². The number of benzene rings is 1. The van der Waals surface area contributed by atoms with Crippen molar-refractivity contribution < 1.29 is 5.11 Å². The Hall–Kier alpha value is -0.820. The van der Waals surface area contributed by atoms with Gasteiger partial charge in [-0.15, -0.1) is 0 Å². The second-order valence-electron chi connectivity index (χ2n) is 5.41. The predicted molar refractivity (Wildman–Crippen MR) is 65.2 cm³/mol. The van der Waals surface area contributed by atoms with Gasteiger partial charge in [0.15, 0.2) is 0 Å². The molecule has 86 valence electrons. The van der Waals surface area contributed by atoms with Crippen LogP contribution in [0, 0.1) is 11.8 Å². The van der Waals surface area contributed by atoms with Crippen molar-refractivity contribution in [3.63, 3.8) is 0 Å². The maximum absolute atomic E-state index is 10.4. The van der Waals surface area contributed by atoms with Crippen LogP contribution in [-0.2, 0) is 6.42 Å². The first kappa shape index (κ1) is 10.3. The molecule has 2 aliphatic rings. The van der Waals surface area contributed by atoms with Crippen molar-refractivity contribution in [2.45, 2.75) is 44.6 Å². The molecule has 0 aliphatic heterocycles. The van der Waals surface area contributed by atoms with Crippen molar-refractivity contribution in [2.75, 3.05) is 0 Å². The van der Waals surface area contributed by atoms with E-state index in [0.717, 1.165) is 12.3 Å². The molecule has 1 heteroatoms. The van der Waals surface area contributed by atoms with Crippen LogP contribution in [0.25, 0.3) is 0 Å². The van der Waals surface area contributed by atoms with E-state index in [1.54, 1.807) is 0 Å². The van der Waals surface area contributed by atoms with E-state index in [1.165, 1.54) is 43.2 Å². The monoisotopic (exact) mass is 216 g/mol. The Labute approximate surface area is 97.5 Å². The van der Waals surface area contributed by atoms with Crippen molar-refractivity contribution in [3.8, 4) is 0 Å². The number of aliphatic hydroxyl groups is 1. The zero-order valence-electron chi connectivity index (χ0n) is 9.73. The highest BCUT2D eigenvalue weighted by Gasteiger charge is 2.36. The zero-order valence-corrected chi connectivity index (χ0v) is 9.73. The van der Waals surface area contributed by atoms with Crippen LogP contribution in [0.5, 0.6) is 0 Å². The number of rotatable bonds is 1. The molecule has 1 N–H and O–H groups in total. The van der Waals surface area contributed by atoms with Gasteiger partial charge in [-0.25, -0.2) is 0 Å². The third-order valence-corrected chi connectivity index (χ3v) is 4.49. The summed E-state index contributed by atoms with van der Waals surface area (Å²) in [5.41, 5.74) is 2.57. The molecule has 0 saturated heterocycles. The van der Waals surface area contributed by atoms with Crippen LogP contribution in [-0.4, -0.2) is 5.11 Å². The van der Waals surface area contributed by atoms with Gasteiger partial charge in [-0.3, -0.25) is 0 Å². The summed E-state index contributed by atoms with van der Waals surface area (Å²) in [4.78, 5) is 0. The molecule has 0 bridgehead atoms. The number of hydrogen-bond donors (Lipinski definition) is 1. The summed E-state index contributed by atoms with van der Waals surface area (Å²) in [5.74, 6) is 1.26. The third kappa shape index (κ3) is 1.67. The highest BCUT2D eigenvalue weighted by Crippen LogP contribution is 2.44. The van der Waals surface area contributed by atoms with E-state index in [9.17, 15) is 5.11 Å². The van der Waals surface area contributed by atoms with Crippen LogP contribution < -0.4 is 0 Å². The predicted octanol–water partition coefficient (Wildman–Crippen LogP) is 3.47. The molecule has 0 heterocycles. The minimum atomic E-state index is -0.195. The molecule has 1 nitrogen and oxygen atoms in total. The molecule has 3 rings (SSSR count). The van der Waals surface area contributed by atoms with Gasteiger partial charge in [0, 0.05) is 0 Å². The van der Waals surface area contributed by atoms with Crippen LogP contribution in [0.4, 0.5) is 0 Å². The van der Waals surface area contributed by atoms with Crippen LogP contribution in [0.2, 0.25) is 0 Å². The molecule has 0 amide bonds. The summed E-state index contributed by atoms with van der Waals surface area (Å²) >= 11 is 0. The molecular weight excluding hydrogens is 196 g/mol. The molecule has 16 heavy (non-hydrogen) atoms. The fraction of sp³-hybridized carbons (Fsp3) is 0.600. The molecule has 0 spiro atoms. The normalized spacial score (nSPS) is 30.3. The summed E-state index contributed by atoms with van der Waals surface area (Å²) in [7, 11) is 0. The average molecular weight is 216 g/mol. The fourth-order valence-electron chi connectivity index (χ4n) is 3.59. The SMILES string of the molecule is OC1c2ccccc2CC1C1CCCCC1. The number of aliphatic hydroxyl groups excluding tert-OH is 1. The first-order valence-corrected chi connectivity index (χ1v) is 6.62. The number of hydrogen-bond acceptors (Lipinski definition) is 1. The Morgan fingerprint density at radius 2 is 1.75 bits per heavy atom. The van der Waals surface area contributed by atoms with Crippen molar-refractivity contribution in [2.24, 2.45) is 11.8 Å². The smallest absolute Gasteiger partial charge is 0.0826 e. The highest BCUT2D eigenvalue weighted by atomic mass is 16.3. The number of fused-ring (bicyclic) bond motifs is 1. The third-order valence-electron chi connectivity index (χ3n) is 4.49. The summed E-state index contributed by atoms with van der Waals surface area (Å²) in [6.07, 6.45) is 7.69. The van der Waals surface area contributed by atoms with E-state index < -0.39 is 0 Å². The molecule has 1 fully saturated rings. The summed E-state index contributed by atoms with van der Waals surface area (Å²) in [6.45, 7) is 0. The van der Waals surface area contributed by atoms with Crippen molar-refractivity contribution >= 4 is 0 Å². The van der Waals surface area contributed by atoms with Gasteiger partial charge < -0.3 is 5.11 Å². The minimum Gasteiger partial charge on any atom is -0.388 e. The van der Waals surface area contributed by atoms with Gasteiger partial charge in [-0.05, 0) is 29.4 Å². The maximum atomic E-state index is 10.4. The Balaban J connectivity index is 1.80. The van der Waals surface area contributed by atoms with Gasteiger partial charge in [0.05, 0.1) is 6.10 Å². The van der Waals surface area contributed by atoms with Gasteiger partial charge in [0.1, 0.15) is 0 Å². The second-order valence-corrected chi connectivity index (χ2v) is 5.41. The lowest BCUT2D eigenvalue weighted by Crippen LogP contribution is -2.21. The Morgan fingerprint density at radius 1 is 1.00 bits per heavy atom. The zero-order chi connectivity index (χ0) is 11.0. The molecule has 0 radical (unpaired) electrons. The Kier molecular flexibility index (Phi) is 2.72. The lowest BCUT2D eigenvalue weighted by molar-refractivity contribution is 0.0721. The van der Waals surface area contributed by atoms with E-state index in [1.807, 2.05) is 6.07 Å². The first-order chi connectivity index (χ1) is 7.86. The van der Waals surface area contributed by atoms with Gasteiger partial charge >= 0.3 is 0 Å². The summed E-state index contributed by atoms with van der Waals surface area (Å²) < 4.78 is 0. The topological polar surface area (TPSA) is 20.2 Å². The molecule has 1 saturated carbocycles. The van der Waals surface area contributed by atoms with Crippen LogP contribution in [0.1, 0.15) is 49.3 Å². The standard InChI is InChI=1S/C15H20O/c16-15-13-9-5-4-8-12(13)10-14(15)11-6-2-1-3-7-11/h4-5,8-9,11,14-16H,1-3,6-7,10H2. The molecular formula is C15H20O. The molecule has 0 aromatic heterocycles. The summed E-state index contributed by atoms with van der Waals surface area (Å²) in [5, 5.41) is 10.4. The molecule has 2 unspecified atom stereocenters. The first-order valence-electron chi connectivity index (χ1n) is 6.62. The fourth-order valence-corrected chi connectivity index (χ4v) is 3.59.